The van der Waals surface area contributed by atoms with Gasteiger partial charge in [-0.05, 0) is 24.6 Å². The van der Waals surface area contributed by atoms with Crippen molar-refractivity contribution in [3.63, 3.8) is 0 Å². The number of nitriles is 1. The highest BCUT2D eigenvalue weighted by Crippen LogP contribution is 2.21. The highest BCUT2D eigenvalue weighted by Gasteiger charge is 2.17. The number of hydrogen-bond acceptors (Lipinski definition) is 4. The van der Waals surface area contributed by atoms with E-state index in [1.165, 1.54) is 12.3 Å². The second kappa shape index (κ2) is 4.50. The van der Waals surface area contributed by atoms with Crippen LogP contribution in [0.2, 0.25) is 0 Å². The second-order valence-electron chi connectivity index (χ2n) is 3.64. The first-order valence-corrected chi connectivity index (χ1v) is 6.55. The first-order valence-electron chi connectivity index (χ1n) is 5.06. The third-order valence-corrected chi connectivity index (χ3v) is 3.69. The summed E-state index contributed by atoms with van der Waals surface area (Å²) in [5, 5.41) is 14.9. The summed E-state index contributed by atoms with van der Waals surface area (Å²) in [5.41, 5.74) is 1.27. The lowest BCUT2D eigenvalue weighted by atomic mass is 10.1. The van der Waals surface area contributed by atoms with Crippen LogP contribution in [-0.2, 0) is 10.0 Å². The summed E-state index contributed by atoms with van der Waals surface area (Å²) in [6, 6.07) is 8.28. The fraction of sp³-hybridized carbons (Fsp3) is 0.0909. The number of aromatic amines is 1. The van der Waals surface area contributed by atoms with Crippen LogP contribution in [-0.4, -0.2) is 18.6 Å². The molecule has 0 atom stereocenters. The van der Waals surface area contributed by atoms with E-state index < -0.39 is 10.0 Å². The van der Waals surface area contributed by atoms with E-state index in [0.29, 0.717) is 11.1 Å². The lowest BCUT2D eigenvalue weighted by Gasteiger charge is -2.09. The van der Waals surface area contributed by atoms with E-state index in [0.717, 1.165) is 0 Å². The summed E-state index contributed by atoms with van der Waals surface area (Å²) >= 11 is 0. The fourth-order valence-electron chi connectivity index (χ4n) is 1.49. The number of rotatable bonds is 3. The van der Waals surface area contributed by atoms with Crippen LogP contribution < -0.4 is 4.72 Å². The SMILES string of the molecule is Cc1cccc(NS(=O)(=O)c2ccn[nH]2)c1C#N. The van der Waals surface area contributed by atoms with E-state index in [2.05, 4.69) is 14.9 Å². The maximum Gasteiger partial charge on any atom is 0.278 e. The Labute approximate surface area is 104 Å². The summed E-state index contributed by atoms with van der Waals surface area (Å²) < 4.78 is 26.3. The molecule has 0 aliphatic carbocycles. The van der Waals surface area contributed by atoms with Gasteiger partial charge >= 0.3 is 0 Å². The van der Waals surface area contributed by atoms with Crippen molar-refractivity contribution in [1.82, 2.24) is 10.2 Å². The summed E-state index contributed by atoms with van der Waals surface area (Å²) in [4.78, 5) is 0. The Hall–Kier alpha value is -2.33. The molecular weight excluding hydrogens is 252 g/mol. The highest BCUT2D eigenvalue weighted by molar-refractivity contribution is 7.92. The molecule has 0 saturated carbocycles. The Morgan fingerprint density at radius 3 is 2.78 bits per heavy atom. The first kappa shape index (κ1) is 12.1. The molecule has 0 spiro atoms. The third-order valence-electron chi connectivity index (χ3n) is 2.39. The second-order valence-corrected chi connectivity index (χ2v) is 5.29. The Morgan fingerprint density at radius 2 is 2.17 bits per heavy atom. The number of hydrogen-bond donors (Lipinski definition) is 2. The van der Waals surface area contributed by atoms with Crippen LogP contribution in [0.5, 0.6) is 0 Å². The average molecular weight is 262 g/mol. The molecule has 0 bridgehead atoms. The van der Waals surface area contributed by atoms with Gasteiger partial charge in [0.1, 0.15) is 6.07 Å². The maximum atomic E-state index is 12.0. The van der Waals surface area contributed by atoms with Gasteiger partial charge in [-0.2, -0.15) is 18.8 Å². The molecule has 6 nitrogen and oxygen atoms in total. The molecule has 1 aromatic heterocycles. The normalized spacial score (nSPS) is 10.9. The van der Waals surface area contributed by atoms with Gasteiger partial charge in [0.15, 0.2) is 5.03 Å². The van der Waals surface area contributed by atoms with E-state index in [9.17, 15) is 8.42 Å². The van der Waals surface area contributed by atoms with Crippen molar-refractivity contribution >= 4 is 15.7 Å². The maximum absolute atomic E-state index is 12.0. The fourth-order valence-corrected chi connectivity index (χ4v) is 2.48. The molecule has 1 aromatic carbocycles. The van der Waals surface area contributed by atoms with Gasteiger partial charge < -0.3 is 0 Å². The zero-order valence-electron chi connectivity index (χ0n) is 9.51. The van der Waals surface area contributed by atoms with E-state index in [4.69, 9.17) is 5.26 Å². The predicted octanol–water partition coefficient (Wildman–Crippen LogP) is 1.39. The first-order chi connectivity index (χ1) is 8.54. The van der Waals surface area contributed by atoms with E-state index in [1.807, 2.05) is 6.07 Å². The standard InChI is InChI=1S/C11H10N4O2S/c1-8-3-2-4-10(9(8)7-12)15-18(16,17)11-5-6-13-14-11/h2-6,15H,1H3,(H,13,14). The van der Waals surface area contributed by atoms with E-state index in [1.54, 1.807) is 25.1 Å². The van der Waals surface area contributed by atoms with Crippen LogP contribution in [0.15, 0.2) is 35.5 Å². The van der Waals surface area contributed by atoms with Gasteiger partial charge in [0.05, 0.1) is 17.4 Å². The minimum atomic E-state index is -3.74. The van der Waals surface area contributed by atoms with Gasteiger partial charge in [-0.15, -0.1) is 0 Å². The number of nitrogens with one attached hydrogen (secondary N) is 2. The minimum Gasteiger partial charge on any atom is -0.277 e. The summed E-state index contributed by atoms with van der Waals surface area (Å²) in [5.74, 6) is 0. The number of sulfonamides is 1. The quantitative estimate of drug-likeness (QED) is 0.873. The zero-order valence-corrected chi connectivity index (χ0v) is 10.3. The molecule has 7 heteroatoms. The molecule has 0 amide bonds. The van der Waals surface area contributed by atoms with Crippen molar-refractivity contribution in [2.75, 3.05) is 4.72 Å². The van der Waals surface area contributed by atoms with Crippen LogP contribution in [0.25, 0.3) is 0 Å². The predicted molar refractivity (Wildman–Crippen MR) is 65.3 cm³/mol. The van der Waals surface area contributed by atoms with E-state index >= 15 is 0 Å². The van der Waals surface area contributed by atoms with Crippen LogP contribution >= 0.6 is 0 Å². The molecule has 0 saturated heterocycles. The number of aryl methyl sites for hydroxylation is 1. The third kappa shape index (κ3) is 2.19. The smallest absolute Gasteiger partial charge is 0.277 e. The van der Waals surface area contributed by atoms with Gasteiger partial charge in [-0.3, -0.25) is 9.82 Å². The highest BCUT2D eigenvalue weighted by atomic mass is 32.2. The Bertz CT molecular complexity index is 699. The van der Waals surface area contributed by atoms with Crippen LogP contribution in [0.4, 0.5) is 5.69 Å². The molecule has 1 heterocycles. The van der Waals surface area contributed by atoms with Crippen molar-refractivity contribution in [3.8, 4) is 6.07 Å². The zero-order chi connectivity index (χ0) is 13.2. The molecule has 92 valence electrons. The van der Waals surface area contributed by atoms with Crippen molar-refractivity contribution < 1.29 is 8.42 Å². The monoisotopic (exact) mass is 262 g/mol. The number of anilines is 1. The van der Waals surface area contributed by atoms with Gasteiger partial charge in [0.25, 0.3) is 10.0 Å². The van der Waals surface area contributed by atoms with Crippen molar-refractivity contribution in [3.05, 3.63) is 41.6 Å². The van der Waals surface area contributed by atoms with Gasteiger partial charge in [-0.1, -0.05) is 12.1 Å². The molecule has 0 radical (unpaired) electrons. The van der Waals surface area contributed by atoms with E-state index in [-0.39, 0.29) is 10.7 Å². The van der Waals surface area contributed by atoms with Crippen molar-refractivity contribution in [1.29, 1.82) is 5.26 Å². The molecule has 0 aliphatic heterocycles. The molecule has 2 aromatic rings. The molecule has 0 unspecified atom stereocenters. The summed E-state index contributed by atoms with van der Waals surface area (Å²) in [6.45, 7) is 1.74. The summed E-state index contributed by atoms with van der Waals surface area (Å²) in [7, 11) is -3.74. The van der Waals surface area contributed by atoms with Crippen molar-refractivity contribution in [2.24, 2.45) is 0 Å². The molecule has 0 fully saturated rings. The van der Waals surface area contributed by atoms with Gasteiger partial charge in [0, 0.05) is 0 Å². The lowest BCUT2D eigenvalue weighted by Crippen LogP contribution is -2.14. The summed E-state index contributed by atoms with van der Waals surface area (Å²) in [6.07, 6.45) is 1.34. The topological polar surface area (TPSA) is 98.6 Å². The number of benzene rings is 1. The Morgan fingerprint density at radius 1 is 1.39 bits per heavy atom. The van der Waals surface area contributed by atoms with Gasteiger partial charge in [-0.25, -0.2) is 0 Å². The molecule has 18 heavy (non-hydrogen) atoms. The van der Waals surface area contributed by atoms with Gasteiger partial charge in [0.2, 0.25) is 0 Å². The molecule has 2 N–H and O–H groups in total. The van der Waals surface area contributed by atoms with Crippen LogP contribution in [0, 0.1) is 18.3 Å². The van der Waals surface area contributed by atoms with Crippen LogP contribution in [0.1, 0.15) is 11.1 Å². The number of nitrogens with zero attached hydrogens (tertiary/aromatic N) is 2. The molecule has 2 rings (SSSR count). The Kier molecular flexibility index (Phi) is 3.04. The van der Waals surface area contributed by atoms with Crippen LogP contribution in [0.3, 0.4) is 0 Å². The van der Waals surface area contributed by atoms with Crippen molar-refractivity contribution in [2.45, 2.75) is 11.9 Å². The number of H-pyrrole nitrogens is 1. The lowest BCUT2D eigenvalue weighted by molar-refractivity contribution is 0.597. The molecule has 0 aliphatic rings. The Balaban J connectivity index is 2.43. The molecular formula is C11H10N4O2S. The largest absolute Gasteiger partial charge is 0.278 e. The minimum absolute atomic E-state index is 0.0482. The average Bonchev–Trinajstić information content (AvgIpc) is 2.83. The number of aromatic nitrogens is 2.